The highest BCUT2D eigenvalue weighted by molar-refractivity contribution is 9.10. The second-order valence-electron chi connectivity index (χ2n) is 4.51. The zero-order valence-electron chi connectivity index (χ0n) is 11.2. The predicted molar refractivity (Wildman–Crippen MR) is 84.9 cm³/mol. The van der Waals surface area contributed by atoms with Gasteiger partial charge in [0.25, 0.3) is 5.69 Å². The summed E-state index contributed by atoms with van der Waals surface area (Å²) in [5, 5.41) is 20.4. The first-order valence-corrected chi connectivity index (χ1v) is 7.02. The van der Waals surface area contributed by atoms with Crippen LogP contribution in [0.5, 0.6) is 5.75 Å². The van der Waals surface area contributed by atoms with Crippen LogP contribution in [0.1, 0.15) is 24.1 Å². The number of hydrogen-bond acceptors (Lipinski definition) is 4. The summed E-state index contributed by atoms with van der Waals surface area (Å²) < 4.78 is 0.985. The second kappa shape index (κ2) is 6.49. The summed E-state index contributed by atoms with van der Waals surface area (Å²) in [4.78, 5) is 14.6. The van der Waals surface area contributed by atoms with Crippen molar-refractivity contribution in [3.63, 3.8) is 0 Å². The molecule has 2 aromatic carbocycles. The maximum atomic E-state index is 10.7. The standard InChI is InChI=1S/C15H13BrN2O3/c1-10(11-2-4-13(16)5-3-11)17-9-12-8-14(18(20)21)6-7-15(12)19/h2-10,19H,1H3/t10-/m1/s1. The van der Waals surface area contributed by atoms with Crippen molar-refractivity contribution < 1.29 is 10.0 Å². The van der Waals surface area contributed by atoms with Crippen molar-refractivity contribution in [2.45, 2.75) is 13.0 Å². The lowest BCUT2D eigenvalue weighted by atomic mass is 10.1. The Kier molecular flexibility index (Phi) is 4.70. The molecule has 0 saturated carbocycles. The highest BCUT2D eigenvalue weighted by Gasteiger charge is 2.09. The Morgan fingerprint density at radius 2 is 1.95 bits per heavy atom. The van der Waals surface area contributed by atoms with Crippen LogP contribution in [-0.2, 0) is 0 Å². The van der Waals surface area contributed by atoms with Gasteiger partial charge in [0.1, 0.15) is 5.75 Å². The highest BCUT2D eigenvalue weighted by atomic mass is 79.9. The van der Waals surface area contributed by atoms with E-state index in [9.17, 15) is 15.2 Å². The number of aliphatic imine (C=N–C) groups is 1. The van der Waals surface area contributed by atoms with Gasteiger partial charge in [-0.3, -0.25) is 15.1 Å². The number of rotatable bonds is 4. The Morgan fingerprint density at radius 1 is 1.29 bits per heavy atom. The lowest BCUT2D eigenvalue weighted by Crippen LogP contribution is -1.93. The molecule has 2 rings (SSSR count). The minimum absolute atomic E-state index is 0.0349. The van der Waals surface area contributed by atoms with Gasteiger partial charge in [-0.25, -0.2) is 0 Å². The second-order valence-corrected chi connectivity index (χ2v) is 5.42. The van der Waals surface area contributed by atoms with Gasteiger partial charge in [-0.15, -0.1) is 0 Å². The molecule has 108 valence electrons. The Balaban J connectivity index is 2.22. The van der Waals surface area contributed by atoms with E-state index >= 15 is 0 Å². The minimum Gasteiger partial charge on any atom is -0.507 e. The number of benzene rings is 2. The van der Waals surface area contributed by atoms with Gasteiger partial charge in [0.15, 0.2) is 0 Å². The van der Waals surface area contributed by atoms with Gasteiger partial charge in [-0.2, -0.15) is 0 Å². The molecule has 0 aliphatic heterocycles. The molecule has 1 atom stereocenters. The molecule has 5 nitrogen and oxygen atoms in total. The van der Waals surface area contributed by atoms with Crippen LogP contribution in [-0.4, -0.2) is 16.2 Å². The number of nitrogens with zero attached hydrogens (tertiary/aromatic N) is 2. The number of nitro groups is 1. The molecule has 2 aromatic rings. The van der Waals surface area contributed by atoms with Gasteiger partial charge in [0, 0.05) is 28.4 Å². The van der Waals surface area contributed by atoms with Gasteiger partial charge in [-0.05, 0) is 30.7 Å². The van der Waals surface area contributed by atoms with Gasteiger partial charge < -0.3 is 5.11 Å². The summed E-state index contributed by atoms with van der Waals surface area (Å²) in [6, 6.07) is 11.5. The minimum atomic E-state index is -0.505. The van der Waals surface area contributed by atoms with Crippen molar-refractivity contribution in [1.29, 1.82) is 0 Å². The van der Waals surface area contributed by atoms with Gasteiger partial charge in [-0.1, -0.05) is 28.1 Å². The molecule has 0 bridgehead atoms. The van der Waals surface area contributed by atoms with Crippen molar-refractivity contribution >= 4 is 27.8 Å². The molecule has 0 saturated heterocycles. The van der Waals surface area contributed by atoms with E-state index in [1.165, 1.54) is 24.4 Å². The molecular formula is C15H13BrN2O3. The third-order valence-electron chi connectivity index (χ3n) is 3.01. The fourth-order valence-corrected chi connectivity index (χ4v) is 2.04. The van der Waals surface area contributed by atoms with E-state index in [-0.39, 0.29) is 17.5 Å². The summed E-state index contributed by atoms with van der Waals surface area (Å²) >= 11 is 3.37. The number of non-ortho nitro benzene ring substituents is 1. The third kappa shape index (κ3) is 3.88. The van der Waals surface area contributed by atoms with Crippen LogP contribution < -0.4 is 0 Å². The maximum absolute atomic E-state index is 10.7. The maximum Gasteiger partial charge on any atom is 0.270 e. The number of hydrogen-bond donors (Lipinski definition) is 1. The summed E-state index contributed by atoms with van der Waals surface area (Å²) in [6.07, 6.45) is 1.45. The van der Waals surface area contributed by atoms with Crippen molar-refractivity contribution in [2.75, 3.05) is 0 Å². The smallest absolute Gasteiger partial charge is 0.270 e. The molecule has 0 spiro atoms. The predicted octanol–water partition coefficient (Wildman–Crippen LogP) is 4.24. The Labute approximate surface area is 130 Å². The molecule has 1 N–H and O–H groups in total. The Morgan fingerprint density at radius 3 is 2.57 bits per heavy atom. The Bertz CT molecular complexity index is 684. The fraction of sp³-hybridized carbons (Fsp3) is 0.133. The van der Waals surface area contributed by atoms with Crippen molar-refractivity contribution in [3.05, 3.63) is 68.2 Å². The molecule has 0 aliphatic carbocycles. The molecule has 0 unspecified atom stereocenters. The molecule has 0 fully saturated rings. The monoisotopic (exact) mass is 348 g/mol. The SMILES string of the molecule is C[C@@H](N=Cc1cc([N+](=O)[O-])ccc1O)c1ccc(Br)cc1. The summed E-state index contributed by atoms with van der Waals surface area (Å²) in [6.45, 7) is 1.91. The highest BCUT2D eigenvalue weighted by Crippen LogP contribution is 2.23. The molecule has 0 aromatic heterocycles. The van der Waals surface area contributed by atoms with Gasteiger partial charge >= 0.3 is 0 Å². The zero-order valence-corrected chi connectivity index (χ0v) is 12.8. The van der Waals surface area contributed by atoms with E-state index in [0.717, 1.165) is 10.0 Å². The van der Waals surface area contributed by atoms with E-state index in [1.807, 2.05) is 31.2 Å². The average molecular weight is 349 g/mol. The summed E-state index contributed by atoms with van der Waals surface area (Å²) in [5.74, 6) is -0.0349. The van der Waals surface area contributed by atoms with Crippen LogP contribution in [0.3, 0.4) is 0 Å². The zero-order chi connectivity index (χ0) is 15.4. The van der Waals surface area contributed by atoms with Crippen molar-refractivity contribution in [3.8, 4) is 5.75 Å². The Hall–Kier alpha value is -2.21. The molecule has 0 radical (unpaired) electrons. The largest absolute Gasteiger partial charge is 0.507 e. The van der Waals surface area contributed by atoms with Crippen LogP contribution in [0.4, 0.5) is 5.69 Å². The quantitative estimate of drug-likeness (QED) is 0.509. The van der Waals surface area contributed by atoms with Gasteiger partial charge in [0.2, 0.25) is 0 Å². The van der Waals surface area contributed by atoms with Gasteiger partial charge in [0.05, 0.1) is 11.0 Å². The average Bonchev–Trinajstić information content (AvgIpc) is 2.46. The molecule has 6 heteroatoms. The molecule has 0 aliphatic rings. The van der Waals surface area contributed by atoms with E-state index in [0.29, 0.717) is 5.56 Å². The van der Waals surface area contributed by atoms with E-state index in [4.69, 9.17) is 0 Å². The normalized spacial score (nSPS) is 12.5. The lowest BCUT2D eigenvalue weighted by molar-refractivity contribution is -0.384. The van der Waals surface area contributed by atoms with Crippen LogP contribution in [0, 0.1) is 10.1 Å². The molecule has 0 heterocycles. The lowest BCUT2D eigenvalue weighted by Gasteiger charge is -2.07. The van der Waals surface area contributed by atoms with Crippen LogP contribution in [0.25, 0.3) is 0 Å². The van der Waals surface area contributed by atoms with E-state index in [2.05, 4.69) is 20.9 Å². The number of halogens is 1. The topological polar surface area (TPSA) is 75.7 Å². The molecule has 21 heavy (non-hydrogen) atoms. The number of phenolic OH excluding ortho intramolecular Hbond substituents is 1. The number of nitro benzene ring substituents is 1. The van der Waals surface area contributed by atoms with E-state index in [1.54, 1.807) is 0 Å². The van der Waals surface area contributed by atoms with Crippen LogP contribution in [0.15, 0.2) is 51.9 Å². The van der Waals surface area contributed by atoms with Crippen molar-refractivity contribution in [1.82, 2.24) is 0 Å². The number of phenols is 1. The third-order valence-corrected chi connectivity index (χ3v) is 3.54. The molecule has 0 amide bonds. The first-order valence-electron chi connectivity index (χ1n) is 6.23. The van der Waals surface area contributed by atoms with E-state index < -0.39 is 4.92 Å². The fourth-order valence-electron chi connectivity index (χ4n) is 1.78. The van der Waals surface area contributed by atoms with Crippen LogP contribution in [0.2, 0.25) is 0 Å². The summed E-state index contributed by atoms with van der Waals surface area (Å²) in [5.41, 5.74) is 1.26. The first kappa shape index (κ1) is 15.2. The first-order chi connectivity index (χ1) is 9.97. The number of aromatic hydroxyl groups is 1. The summed E-state index contributed by atoms with van der Waals surface area (Å²) in [7, 11) is 0. The van der Waals surface area contributed by atoms with Crippen molar-refractivity contribution in [2.24, 2.45) is 4.99 Å². The molecular weight excluding hydrogens is 336 g/mol. The van der Waals surface area contributed by atoms with Crippen LogP contribution >= 0.6 is 15.9 Å².